The van der Waals surface area contributed by atoms with Crippen LogP contribution in [0.25, 0.3) is 0 Å². The molecule has 0 aliphatic carbocycles. The number of amides is 2. The normalized spacial score (nSPS) is 23.1. The summed E-state index contributed by atoms with van der Waals surface area (Å²) in [6.07, 6.45) is 8.73. The van der Waals surface area contributed by atoms with Crippen molar-refractivity contribution in [3.63, 3.8) is 0 Å². The Morgan fingerprint density at radius 1 is 1.41 bits per heavy atom. The highest BCUT2D eigenvalue weighted by Gasteiger charge is 2.45. The molecule has 0 aromatic carbocycles. The molecule has 1 unspecified atom stereocenters. The first kappa shape index (κ1) is 14.2. The van der Waals surface area contributed by atoms with Crippen LogP contribution in [-0.2, 0) is 9.59 Å². The van der Waals surface area contributed by atoms with Crippen molar-refractivity contribution in [1.82, 2.24) is 9.88 Å². The number of fused-ring (bicyclic) bond motifs is 1. The van der Waals surface area contributed by atoms with E-state index >= 15 is 0 Å². The van der Waals surface area contributed by atoms with Crippen molar-refractivity contribution in [1.29, 1.82) is 0 Å². The molecule has 6 heteroatoms. The summed E-state index contributed by atoms with van der Waals surface area (Å²) in [5, 5.41) is 2.79. The lowest BCUT2D eigenvalue weighted by molar-refractivity contribution is -0.130. The van der Waals surface area contributed by atoms with Crippen LogP contribution in [0.2, 0.25) is 0 Å². The number of nitrogens with one attached hydrogen (secondary N) is 1. The molecule has 6 nitrogen and oxygen atoms in total. The van der Waals surface area contributed by atoms with Gasteiger partial charge in [0.1, 0.15) is 17.2 Å². The number of hydrogen-bond donors (Lipinski definition) is 1. The number of nitrogens with zero attached hydrogens (tertiary/aromatic N) is 3. The number of anilines is 1. The number of allylic oxidation sites excluding steroid dienone is 2. The lowest BCUT2D eigenvalue weighted by Crippen LogP contribution is -2.58. The molecular formula is C16H16N4O2. The van der Waals surface area contributed by atoms with E-state index in [4.69, 9.17) is 0 Å². The number of aliphatic imine (C=N–C) groups is 1. The van der Waals surface area contributed by atoms with Gasteiger partial charge in [0.05, 0.1) is 6.42 Å². The van der Waals surface area contributed by atoms with Gasteiger partial charge in [-0.3, -0.25) is 9.59 Å². The molecule has 2 amide bonds. The van der Waals surface area contributed by atoms with Crippen LogP contribution in [0.5, 0.6) is 0 Å². The molecule has 3 rings (SSSR count). The minimum Gasteiger partial charge on any atom is -0.317 e. The Morgan fingerprint density at radius 3 is 3.00 bits per heavy atom. The topological polar surface area (TPSA) is 74.7 Å². The molecule has 0 spiro atoms. The fraction of sp³-hybridized carbons (Fsp3) is 0.250. The number of carbonyl (C=O) groups is 2. The van der Waals surface area contributed by atoms with Gasteiger partial charge in [-0.1, -0.05) is 6.08 Å². The van der Waals surface area contributed by atoms with Gasteiger partial charge in [-0.2, -0.15) is 4.99 Å². The van der Waals surface area contributed by atoms with E-state index in [9.17, 15) is 9.59 Å². The van der Waals surface area contributed by atoms with Crippen molar-refractivity contribution in [3.05, 3.63) is 48.3 Å². The van der Waals surface area contributed by atoms with Crippen LogP contribution >= 0.6 is 0 Å². The second-order valence-electron chi connectivity index (χ2n) is 5.56. The second kappa shape index (κ2) is 5.22. The number of rotatable bonds is 2. The van der Waals surface area contributed by atoms with Gasteiger partial charge in [0.2, 0.25) is 0 Å². The highest BCUT2D eigenvalue weighted by Crippen LogP contribution is 2.29. The summed E-state index contributed by atoms with van der Waals surface area (Å²) in [6, 6.07) is 3.64. The van der Waals surface area contributed by atoms with Gasteiger partial charge in [-0.05, 0) is 43.7 Å². The number of hydrogen-bond acceptors (Lipinski definition) is 4. The molecule has 0 saturated heterocycles. The number of aromatic nitrogens is 1. The maximum Gasteiger partial charge on any atom is 0.252 e. The van der Waals surface area contributed by atoms with Gasteiger partial charge in [0, 0.05) is 12.4 Å². The highest BCUT2D eigenvalue weighted by molar-refractivity contribution is 6.11. The van der Waals surface area contributed by atoms with Gasteiger partial charge >= 0.3 is 0 Å². The summed E-state index contributed by atoms with van der Waals surface area (Å²) < 4.78 is 0. The molecule has 1 aromatic heterocycles. The largest absolute Gasteiger partial charge is 0.317 e. The molecule has 0 bridgehead atoms. The van der Waals surface area contributed by atoms with E-state index in [0.29, 0.717) is 11.7 Å². The summed E-state index contributed by atoms with van der Waals surface area (Å²) in [5.74, 6) is 0.361. The minimum atomic E-state index is -1.03. The summed E-state index contributed by atoms with van der Waals surface area (Å²) in [5.41, 5.74) is -0.0286. The average molecular weight is 296 g/mol. The van der Waals surface area contributed by atoms with Gasteiger partial charge in [-0.25, -0.2) is 4.98 Å². The predicted octanol–water partition coefficient (Wildman–Crippen LogP) is 1.80. The molecule has 112 valence electrons. The Labute approximate surface area is 128 Å². The fourth-order valence-electron chi connectivity index (χ4n) is 2.53. The summed E-state index contributed by atoms with van der Waals surface area (Å²) in [7, 11) is 0. The number of aryl methyl sites for hydroxylation is 1. The van der Waals surface area contributed by atoms with Crippen molar-refractivity contribution >= 4 is 23.5 Å². The molecule has 3 heterocycles. The maximum absolute atomic E-state index is 12.7. The van der Waals surface area contributed by atoms with Crippen molar-refractivity contribution in [2.45, 2.75) is 25.8 Å². The molecule has 0 saturated carbocycles. The number of amidine groups is 1. The maximum atomic E-state index is 12.7. The Morgan fingerprint density at radius 2 is 2.23 bits per heavy atom. The first-order chi connectivity index (χ1) is 10.5. The molecule has 2 aliphatic heterocycles. The van der Waals surface area contributed by atoms with Crippen LogP contribution < -0.4 is 5.32 Å². The zero-order chi connectivity index (χ0) is 15.7. The van der Waals surface area contributed by atoms with Crippen LogP contribution in [0, 0.1) is 6.92 Å². The molecule has 0 radical (unpaired) electrons. The molecule has 22 heavy (non-hydrogen) atoms. The first-order valence-electron chi connectivity index (χ1n) is 6.99. The van der Waals surface area contributed by atoms with E-state index < -0.39 is 5.54 Å². The Hall–Kier alpha value is -2.76. The smallest absolute Gasteiger partial charge is 0.252 e. The highest BCUT2D eigenvalue weighted by atomic mass is 16.2. The monoisotopic (exact) mass is 296 g/mol. The van der Waals surface area contributed by atoms with E-state index in [2.05, 4.69) is 15.3 Å². The van der Waals surface area contributed by atoms with Crippen molar-refractivity contribution in [2.75, 3.05) is 5.32 Å². The van der Waals surface area contributed by atoms with Crippen molar-refractivity contribution in [3.8, 4) is 0 Å². The van der Waals surface area contributed by atoms with Crippen LogP contribution in [0.3, 0.4) is 0 Å². The van der Waals surface area contributed by atoms with Gasteiger partial charge in [-0.15, -0.1) is 0 Å². The predicted molar refractivity (Wildman–Crippen MR) is 83.2 cm³/mol. The number of pyridine rings is 1. The summed E-state index contributed by atoms with van der Waals surface area (Å²) in [4.78, 5) is 34.4. The Balaban J connectivity index is 1.90. The minimum absolute atomic E-state index is 0.0202. The third kappa shape index (κ3) is 2.43. The first-order valence-corrected chi connectivity index (χ1v) is 6.99. The van der Waals surface area contributed by atoms with Gasteiger partial charge in [0.15, 0.2) is 0 Å². The van der Waals surface area contributed by atoms with Gasteiger partial charge in [0.25, 0.3) is 11.8 Å². The fourth-order valence-corrected chi connectivity index (χ4v) is 2.53. The van der Waals surface area contributed by atoms with Crippen LogP contribution in [0.15, 0.2) is 47.7 Å². The zero-order valence-electron chi connectivity index (χ0n) is 12.4. The second-order valence-corrected chi connectivity index (χ2v) is 5.56. The quantitative estimate of drug-likeness (QED) is 0.903. The lowest BCUT2D eigenvalue weighted by atomic mass is 9.91. The van der Waals surface area contributed by atoms with E-state index in [1.165, 1.54) is 0 Å². The SMILES string of the molecule is Cc1ccnc(NC(=O)C2(C)CC(=O)N=C3C=CC=CN32)c1. The van der Waals surface area contributed by atoms with Gasteiger partial charge < -0.3 is 10.2 Å². The van der Waals surface area contributed by atoms with Crippen molar-refractivity contribution in [2.24, 2.45) is 4.99 Å². The lowest BCUT2D eigenvalue weighted by Gasteiger charge is -2.41. The Bertz CT molecular complexity index is 735. The van der Waals surface area contributed by atoms with E-state index in [-0.39, 0.29) is 18.2 Å². The molecule has 1 atom stereocenters. The molecule has 2 aliphatic rings. The number of carbonyl (C=O) groups excluding carboxylic acids is 2. The molecule has 1 aromatic rings. The molecule has 0 fully saturated rings. The zero-order valence-corrected chi connectivity index (χ0v) is 12.4. The summed E-state index contributed by atoms with van der Waals surface area (Å²) >= 11 is 0. The average Bonchev–Trinajstić information content (AvgIpc) is 2.47. The van der Waals surface area contributed by atoms with E-state index in [0.717, 1.165) is 5.56 Å². The standard InChI is InChI=1S/C16H16N4O2/c1-11-6-7-17-12(9-11)18-15(22)16(2)10-14(21)19-13-5-3-4-8-20(13)16/h3-9H,10H2,1-2H3,(H,17,18,22). The molecule has 1 N–H and O–H groups in total. The van der Waals surface area contributed by atoms with E-state index in [1.807, 2.05) is 19.1 Å². The third-order valence-electron chi connectivity index (χ3n) is 3.75. The van der Waals surface area contributed by atoms with Crippen LogP contribution in [0.4, 0.5) is 5.82 Å². The molecular weight excluding hydrogens is 280 g/mol. The van der Waals surface area contributed by atoms with Crippen LogP contribution in [-0.4, -0.2) is 33.1 Å². The third-order valence-corrected chi connectivity index (χ3v) is 3.75. The summed E-state index contributed by atoms with van der Waals surface area (Å²) in [6.45, 7) is 3.65. The van der Waals surface area contributed by atoms with Crippen molar-refractivity contribution < 1.29 is 9.59 Å². The van der Waals surface area contributed by atoms with E-state index in [1.54, 1.807) is 42.4 Å². The van der Waals surface area contributed by atoms with Crippen LogP contribution in [0.1, 0.15) is 18.9 Å². The Kier molecular flexibility index (Phi) is 3.36.